The van der Waals surface area contributed by atoms with E-state index in [4.69, 9.17) is 5.73 Å². The van der Waals surface area contributed by atoms with Crippen molar-refractivity contribution in [3.63, 3.8) is 0 Å². The summed E-state index contributed by atoms with van der Waals surface area (Å²) in [5, 5.41) is 0. The average molecular weight is 239 g/mol. The van der Waals surface area contributed by atoms with Gasteiger partial charge >= 0.3 is 0 Å². The lowest BCUT2D eigenvalue weighted by molar-refractivity contribution is -0.137. The van der Waals surface area contributed by atoms with Crippen LogP contribution in [-0.2, 0) is 4.79 Å². The number of rotatable bonds is 2. The zero-order valence-corrected chi connectivity index (χ0v) is 10.9. The van der Waals surface area contributed by atoms with Gasteiger partial charge in [-0.2, -0.15) is 0 Å². The van der Waals surface area contributed by atoms with Gasteiger partial charge in [0.05, 0.1) is 6.04 Å². The molecule has 0 aromatic heterocycles. The molecule has 0 radical (unpaired) electrons. The number of hydrogen-bond acceptors (Lipinski definition) is 3. The third-order valence-electron chi connectivity index (χ3n) is 4.06. The van der Waals surface area contributed by atoms with Crippen LogP contribution in [0.25, 0.3) is 0 Å². The van der Waals surface area contributed by atoms with Crippen molar-refractivity contribution < 1.29 is 4.79 Å². The van der Waals surface area contributed by atoms with Gasteiger partial charge in [0.25, 0.3) is 0 Å². The monoisotopic (exact) mass is 239 g/mol. The summed E-state index contributed by atoms with van der Waals surface area (Å²) in [5.74, 6) is 0.304. The Morgan fingerprint density at radius 2 is 1.88 bits per heavy atom. The molecular weight excluding hydrogens is 214 g/mol. The molecule has 0 aromatic rings. The molecule has 0 aromatic carbocycles. The fourth-order valence-corrected chi connectivity index (χ4v) is 2.93. The number of likely N-dealkylation sites (tertiary alicyclic amines) is 2. The highest BCUT2D eigenvalue weighted by Gasteiger charge is 2.29. The van der Waals surface area contributed by atoms with Crippen LogP contribution in [0.1, 0.15) is 39.0 Å². The van der Waals surface area contributed by atoms with Gasteiger partial charge in [0.2, 0.25) is 5.91 Å². The normalized spacial score (nSPS) is 29.1. The van der Waals surface area contributed by atoms with Crippen LogP contribution in [0.5, 0.6) is 0 Å². The highest BCUT2D eigenvalue weighted by Crippen LogP contribution is 2.16. The first-order valence-corrected chi connectivity index (χ1v) is 6.97. The zero-order valence-electron chi connectivity index (χ0n) is 10.9. The van der Waals surface area contributed by atoms with E-state index >= 15 is 0 Å². The van der Waals surface area contributed by atoms with Gasteiger partial charge in [-0.1, -0.05) is 0 Å². The minimum Gasteiger partial charge on any atom is -0.341 e. The van der Waals surface area contributed by atoms with Gasteiger partial charge < -0.3 is 10.6 Å². The van der Waals surface area contributed by atoms with Gasteiger partial charge in [0.1, 0.15) is 0 Å². The van der Waals surface area contributed by atoms with E-state index in [1.165, 1.54) is 6.42 Å². The average Bonchev–Trinajstić information content (AvgIpc) is 2.38. The predicted octanol–water partition coefficient (Wildman–Crippen LogP) is 0.811. The molecule has 0 spiro atoms. The Balaban J connectivity index is 1.89. The van der Waals surface area contributed by atoms with E-state index in [9.17, 15) is 4.79 Å². The van der Waals surface area contributed by atoms with Gasteiger partial charge in [0, 0.05) is 25.7 Å². The number of amides is 1. The third-order valence-corrected chi connectivity index (χ3v) is 4.06. The number of nitrogens with two attached hydrogens (primary N) is 1. The largest absolute Gasteiger partial charge is 0.341 e. The maximum atomic E-state index is 12.3. The van der Waals surface area contributed by atoms with Crippen LogP contribution < -0.4 is 5.73 Å². The van der Waals surface area contributed by atoms with Crippen LogP contribution in [-0.4, -0.2) is 54.0 Å². The standard InChI is InChI=1S/C13H25N3O/c1-11(16-9-5-6-12(14)10-16)13(17)15-7-3-2-4-8-15/h11-12H,2-10,14H2,1H3/t11?,12-/m1/s1. The maximum Gasteiger partial charge on any atom is 0.239 e. The maximum absolute atomic E-state index is 12.3. The first-order valence-electron chi connectivity index (χ1n) is 6.97. The highest BCUT2D eigenvalue weighted by molar-refractivity contribution is 5.81. The lowest BCUT2D eigenvalue weighted by atomic mass is 10.0. The van der Waals surface area contributed by atoms with Crippen molar-refractivity contribution in [2.45, 2.75) is 51.1 Å². The van der Waals surface area contributed by atoms with Gasteiger partial charge in [-0.3, -0.25) is 9.69 Å². The number of carbonyl (C=O) groups is 1. The van der Waals surface area contributed by atoms with E-state index in [-0.39, 0.29) is 12.1 Å². The molecule has 2 rings (SSSR count). The Morgan fingerprint density at radius 1 is 1.18 bits per heavy atom. The van der Waals surface area contributed by atoms with E-state index in [0.29, 0.717) is 5.91 Å². The molecule has 4 heteroatoms. The van der Waals surface area contributed by atoms with E-state index < -0.39 is 0 Å². The second-order valence-electron chi connectivity index (χ2n) is 5.46. The van der Waals surface area contributed by atoms with Crippen molar-refractivity contribution in [1.29, 1.82) is 0 Å². The summed E-state index contributed by atoms with van der Waals surface area (Å²) in [5.41, 5.74) is 5.97. The van der Waals surface area contributed by atoms with E-state index in [1.807, 2.05) is 11.8 Å². The summed E-state index contributed by atoms with van der Waals surface area (Å²) in [6.07, 6.45) is 5.82. The molecule has 2 atom stereocenters. The quantitative estimate of drug-likeness (QED) is 0.776. The number of hydrogen-bond donors (Lipinski definition) is 1. The summed E-state index contributed by atoms with van der Waals surface area (Å²) in [4.78, 5) is 16.6. The van der Waals surface area contributed by atoms with Gasteiger partial charge in [0.15, 0.2) is 0 Å². The topological polar surface area (TPSA) is 49.6 Å². The number of nitrogens with zero attached hydrogens (tertiary/aromatic N) is 2. The van der Waals surface area contributed by atoms with Crippen LogP contribution in [0.15, 0.2) is 0 Å². The number of piperidine rings is 2. The van der Waals surface area contributed by atoms with Gasteiger partial charge in [-0.05, 0) is 45.6 Å². The van der Waals surface area contributed by atoms with E-state index in [0.717, 1.165) is 51.9 Å². The molecule has 98 valence electrons. The van der Waals surface area contributed by atoms with Crippen molar-refractivity contribution in [2.75, 3.05) is 26.2 Å². The second kappa shape index (κ2) is 5.83. The molecule has 0 aliphatic carbocycles. The SMILES string of the molecule is CC(C(=O)N1CCCCC1)N1CCC[C@@H](N)C1. The molecule has 2 heterocycles. The molecule has 4 nitrogen and oxygen atoms in total. The first-order chi connectivity index (χ1) is 8.18. The third kappa shape index (κ3) is 3.19. The van der Waals surface area contributed by atoms with Crippen molar-refractivity contribution in [2.24, 2.45) is 5.73 Å². The summed E-state index contributed by atoms with van der Waals surface area (Å²) < 4.78 is 0. The molecule has 17 heavy (non-hydrogen) atoms. The van der Waals surface area contributed by atoms with E-state index in [2.05, 4.69) is 4.90 Å². The molecule has 2 saturated heterocycles. The Bertz CT molecular complexity index is 263. The molecular formula is C13H25N3O. The Hall–Kier alpha value is -0.610. The van der Waals surface area contributed by atoms with Crippen LogP contribution in [0.2, 0.25) is 0 Å². The van der Waals surface area contributed by atoms with Crippen molar-refractivity contribution in [3.05, 3.63) is 0 Å². The molecule has 2 aliphatic rings. The van der Waals surface area contributed by atoms with Gasteiger partial charge in [-0.25, -0.2) is 0 Å². The first kappa shape index (κ1) is 12.8. The lowest BCUT2D eigenvalue weighted by Gasteiger charge is -2.38. The fourth-order valence-electron chi connectivity index (χ4n) is 2.93. The molecule has 2 N–H and O–H groups in total. The lowest BCUT2D eigenvalue weighted by Crippen LogP contribution is -2.53. The minimum absolute atomic E-state index is 0.0134. The smallest absolute Gasteiger partial charge is 0.239 e. The molecule has 2 aliphatic heterocycles. The molecule has 1 amide bonds. The van der Waals surface area contributed by atoms with Crippen molar-refractivity contribution in [1.82, 2.24) is 9.80 Å². The summed E-state index contributed by atoms with van der Waals surface area (Å²) in [6, 6.07) is 0.264. The van der Waals surface area contributed by atoms with Crippen molar-refractivity contribution >= 4 is 5.91 Å². The summed E-state index contributed by atoms with van der Waals surface area (Å²) in [7, 11) is 0. The van der Waals surface area contributed by atoms with E-state index in [1.54, 1.807) is 0 Å². The van der Waals surface area contributed by atoms with Crippen LogP contribution in [0.3, 0.4) is 0 Å². The predicted molar refractivity (Wildman–Crippen MR) is 68.7 cm³/mol. The molecule has 0 bridgehead atoms. The second-order valence-corrected chi connectivity index (χ2v) is 5.46. The minimum atomic E-state index is 0.0134. The van der Waals surface area contributed by atoms with Crippen LogP contribution in [0.4, 0.5) is 0 Å². The number of carbonyl (C=O) groups excluding carboxylic acids is 1. The molecule has 1 unspecified atom stereocenters. The summed E-state index contributed by atoms with van der Waals surface area (Å²) in [6.45, 7) is 5.83. The fraction of sp³-hybridized carbons (Fsp3) is 0.923. The van der Waals surface area contributed by atoms with Gasteiger partial charge in [-0.15, -0.1) is 0 Å². The van der Waals surface area contributed by atoms with Crippen LogP contribution in [0, 0.1) is 0 Å². The highest BCUT2D eigenvalue weighted by atomic mass is 16.2. The van der Waals surface area contributed by atoms with Crippen molar-refractivity contribution in [3.8, 4) is 0 Å². The molecule has 0 saturated carbocycles. The van der Waals surface area contributed by atoms with Crippen LogP contribution >= 0.6 is 0 Å². The summed E-state index contributed by atoms with van der Waals surface area (Å²) >= 11 is 0. The Labute approximate surface area is 104 Å². The molecule has 2 fully saturated rings. The Morgan fingerprint density at radius 3 is 2.53 bits per heavy atom. The zero-order chi connectivity index (χ0) is 12.3. The Kier molecular flexibility index (Phi) is 4.40.